The van der Waals surface area contributed by atoms with E-state index in [-0.39, 0.29) is 11.6 Å². The Bertz CT molecular complexity index is 535. The molecule has 0 spiro atoms. The quantitative estimate of drug-likeness (QED) is 0.912. The first-order valence-corrected chi connectivity index (χ1v) is 7.06. The number of hydrogen-bond acceptors (Lipinski definition) is 4. The molecule has 2 atom stereocenters. The van der Waals surface area contributed by atoms with Crippen molar-refractivity contribution in [2.45, 2.75) is 44.6 Å². The Labute approximate surface area is 116 Å². The van der Waals surface area contributed by atoms with Gasteiger partial charge in [-0.05, 0) is 31.6 Å². The van der Waals surface area contributed by atoms with Crippen LogP contribution >= 0.6 is 0 Å². The molecule has 3 rings (SSSR count). The third kappa shape index (κ3) is 2.42. The van der Waals surface area contributed by atoms with E-state index in [1.54, 1.807) is 6.07 Å². The number of aliphatic carboxylic acids is 1. The second-order valence-corrected chi connectivity index (χ2v) is 5.87. The number of likely N-dealkylation sites (tertiary alicyclic amines) is 1. The van der Waals surface area contributed by atoms with Crippen LogP contribution in [0, 0.1) is 5.92 Å². The van der Waals surface area contributed by atoms with Crippen molar-refractivity contribution in [1.29, 1.82) is 0 Å². The summed E-state index contributed by atoms with van der Waals surface area (Å²) in [6.07, 6.45) is 3.46. The molecule has 1 aliphatic carbocycles. The summed E-state index contributed by atoms with van der Waals surface area (Å²) in [6.45, 7) is 2.47. The van der Waals surface area contributed by atoms with Crippen molar-refractivity contribution in [3.63, 3.8) is 0 Å². The highest BCUT2D eigenvalue weighted by Gasteiger charge is 2.37. The number of amides is 1. The summed E-state index contributed by atoms with van der Waals surface area (Å²) in [7, 11) is 0. The van der Waals surface area contributed by atoms with Gasteiger partial charge in [0.25, 0.3) is 5.91 Å². The molecule has 6 heteroatoms. The lowest BCUT2D eigenvalue weighted by molar-refractivity contribution is -0.144. The Morgan fingerprint density at radius 1 is 1.40 bits per heavy atom. The van der Waals surface area contributed by atoms with Crippen molar-refractivity contribution < 1.29 is 19.2 Å². The van der Waals surface area contributed by atoms with E-state index in [0.717, 1.165) is 25.0 Å². The molecule has 0 radical (unpaired) electrons. The van der Waals surface area contributed by atoms with E-state index >= 15 is 0 Å². The zero-order valence-corrected chi connectivity index (χ0v) is 11.4. The monoisotopic (exact) mass is 278 g/mol. The summed E-state index contributed by atoms with van der Waals surface area (Å²) in [5.74, 6) is 0.168. The van der Waals surface area contributed by atoms with Gasteiger partial charge in [0.1, 0.15) is 11.8 Å². The molecule has 1 N–H and O–H groups in total. The van der Waals surface area contributed by atoms with Crippen LogP contribution in [0.3, 0.4) is 0 Å². The molecule has 1 aromatic heterocycles. The van der Waals surface area contributed by atoms with E-state index in [2.05, 4.69) is 5.16 Å². The molecule has 1 amide bonds. The second kappa shape index (κ2) is 4.92. The van der Waals surface area contributed by atoms with Gasteiger partial charge in [-0.3, -0.25) is 4.79 Å². The molecule has 2 fully saturated rings. The summed E-state index contributed by atoms with van der Waals surface area (Å²) in [5, 5.41) is 13.1. The van der Waals surface area contributed by atoms with Gasteiger partial charge in [0.2, 0.25) is 0 Å². The molecular weight excluding hydrogens is 260 g/mol. The smallest absolute Gasteiger partial charge is 0.326 e. The molecular formula is C14H18N2O4. The summed E-state index contributed by atoms with van der Waals surface area (Å²) in [6, 6.07) is 0.907. The molecule has 0 aromatic carbocycles. The highest BCUT2D eigenvalue weighted by Crippen LogP contribution is 2.40. The van der Waals surface area contributed by atoms with Crippen LogP contribution in [0.4, 0.5) is 0 Å². The third-order valence-corrected chi connectivity index (χ3v) is 4.14. The average Bonchev–Trinajstić information content (AvgIpc) is 3.15. The standard InChI is InChI=1S/C14H18N2O4/c1-8-4-5-16(11(6-8)14(18)19)13(17)10-7-12(20-15-10)9-2-3-9/h7-9,11H,2-6H2,1H3,(H,18,19)/t8-,11+/m0/s1. The number of carboxylic acids is 1. The minimum absolute atomic E-state index is 0.229. The third-order valence-electron chi connectivity index (χ3n) is 4.14. The number of carboxylic acid groups (broad SMARTS) is 1. The molecule has 1 aliphatic heterocycles. The van der Waals surface area contributed by atoms with E-state index < -0.39 is 12.0 Å². The van der Waals surface area contributed by atoms with Crippen LogP contribution in [-0.4, -0.2) is 39.6 Å². The number of rotatable bonds is 3. The Balaban J connectivity index is 1.78. The number of piperidine rings is 1. The Hall–Kier alpha value is -1.85. The van der Waals surface area contributed by atoms with Crippen LogP contribution in [0.25, 0.3) is 0 Å². The van der Waals surface area contributed by atoms with Crippen molar-refractivity contribution in [3.8, 4) is 0 Å². The topological polar surface area (TPSA) is 83.6 Å². The van der Waals surface area contributed by atoms with E-state index in [9.17, 15) is 14.7 Å². The van der Waals surface area contributed by atoms with Crippen molar-refractivity contribution in [3.05, 3.63) is 17.5 Å². The van der Waals surface area contributed by atoms with Crippen molar-refractivity contribution >= 4 is 11.9 Å². The summed E-state index contributed by atoms with van der Waals surface area (Å²) in [4.78, 5) is 25.2. The van der Waals surface area contributed by atoms with Crippen LogP contribution in [0.5, 0.6) is 0 Å². The van der Waals surface area contributed by atoms with Gasteiger partial charge in [-0.2, -0.15) is 0 Å². The molecule has 2 aliphatic rings. The molecule has 6 nitrogen and oxygen atoms in total. The number of nitrogens with zero attached hydrogens (tertiary/aromatic N) is 2. The molecule has 108 valence electrons. The average molecular weight is 278 g/mol. The van der Waals surface area contributed by atoms with Crippen molar-refractivity contribution in [2.75, 3.05) is 6.54 Å². The van der Waals surface area contributed by atoms with Gasteiger partial charge in [-0.25, -0.2) is 4.79 Å². The van der Waals surface area contributed by atoms with E-state index in [0.29, 0.717) is 24.8 Å². The Kier molecular flexibility index (Phi) is 3.23. The fourth-order valence-electron chi connectivity index (χ4n) is 2.72. The zero-order chi connectivity index (χ0) is 14.3. The zero-order valence-electron chi connectivity index (χ0n) is 11.4. The molecule has 1 saturated carbocycles. The lowest BCUT2D eigenvalue weighted by Gasteiger charge is -2.35. The maximum Gasteiger partial charge on any atom is 0.326 e. The van der Waals surface area contributed by atoms with Gasteiger partial charge in [0.05, 0.1) is 0 Å². The predicted molar refractivity (Wildman–Crippen MR) is 69.3 cm³/mol. The van der Waals surface area contributed by atoms with Gasteiger partial charge in [-0.15, -0.1) is 0 Å². The second-order valence-electron chi connectivity index (χ2n) is 5.87. The molecule has 1 aromatic rings. The highest BCUT2D eigenvalue weighted by atomic mass is 16.5. The largest absolute Gasteiger partial charge is 0.480 e. The number of carbonyl (C=O) groups is 2. The fraction of sp³-hybridized carbons (Fsp3) is 0.643. The molecule has 0 unspecified atom stereocenters. The number of hydrogen-bond donors (Lipinski definition) is 1. The molecule has 1 saturated heterocycles. The van der Waals surface area contributed by atoms with Crippen molar-refractivity contribution in [2.24, 2.45) is 5.92 Å². The minimum atomic E-state index is -0.948. The van der Waals surface area contributed by atoms with Crippen molar-refractivity contribution in [1.82, 2.24) is 10.1 Å². The van der Waals surface area contributed by atoms with Gasteiger partial charge in [-0.1, -0.05) is 12.1 Å². The first-order valence-electron chi connectivity index (χ1n) is 7.06. The first kappa shape index (κ1) is 13.1. The lowest BCUT2D eigenvalue weighted by Crippen LogP contribution is -2.49. The van der Waals surface area contributed by atoms with E-state index in [1.165, 1.54) is 4.90 Å². The van der Waals surface area contributed by atoms with Crippen LogP contribution in [0.2, 0.25) is 0 Å². The van der Waals surface area contributed by atoms with E-state index in [1.807, 2.05) is 6.92 Å². The lowest BCUT2D eigenvalue weighted by atomic mass is 9.92. The predicted octanol–water partition coefficient (Wildman–Crippen LogP) is 1.88. The van der Waals surface area contributed by atoms with Crippen LogP contribution in [0.1, 0.15) is 54.8 Å². The molecule has 20 heavy (non-hydrogen) atoms. The fourth-order valence-corrected chi connectivity index (χ4v) is 2.72. The van der Waals surface area contributed by atoms with Crippen LogP contribution in [0.15, 0.2) is 10.6 Å². The van der Waals surface area contributed by atoms with Gasteiger partial charge in [0, 0.05) is 18.5 Å². The summed E-state index contributed by atoms with van der Waals surface area (Å²) in [5.41, 5.74) is 0.229. The van der Waals surface area contributed by atoms with Gasteiger partial charge >= 0.3 is 5.97 Å². The van der Waals surface area contributed by atoms with Gasteiger partial charge < -0.3 is 14.5 Å². The number of aromatic nitrogens is 1. The maximum atomic E-state index is 12.4. The Morgan fingerprint density at radius 3 is 2.80 bits per heavy atom. The van der Waals surface area contributed by atoms with Crippen LogP contribution < -0.4 is 0 Å². The molecule has 2 heterocycles. The maximum absolute atomic E-state index is 12.4. The first-order chi connectivity index (χ1) is 9.56. The van der Waals surface area contributed by atoms with Gasteiger partial charge in [0.15, 0.2) is 5.69 Å². The Morgan fingerprint density at radius 2 is 2.15 bits per heavy atom. The van der Waals surface area contributed by atoms with E-state index in [4.69, 9.17) is 4.52 Å². The molecule has 0 bridgehead atoms. The van der Waals surface area contributed by atoms with Crippen LogP contribution in [-0.2, 0) is 4.79 Å². The normalized spacial score (nSPS) is 26.6. The highest BCUT2D eigenvalue weighted by molar-refractivity contribution is 5.95. The minimum Gasteiger partial charge on any atom is -0.480 e. The number of carbonyl (C=O) groups excluding carboxylic acids is 1. The summed E-state index contributed by atoms with van der Waals surface area (Å²) >= 11 is 0. The summed E-state index contributed by atoms with van der Waals surface area (Å²) < 4.78 is 5.17. The SMILES string of the molecule is C[C@H]1CCN(C(=O)c2cc(C3CC3)on2)[C@@H](C(=O)O)C1.